The number of rotatable bonds is 2. The minimum absolute atomic E-state index is 0.0502. The molecule has 0 aromatic heterocycles. The van der Waals surface area contributed by atoms with E-state index in [0.717, 1.165) is 23.3 Å². The first-order valence-corrected chi connectivity index (χ1v) is 9.64. The van der Waals surface area contributed by atoms with Gasteiger partial charge in [-0.25, -0.2) is 0 Å². The SMILES string of the molecule is N#Cc1ccc(N2C(=O)CC(c3ccc4c(c3)OCO4)C3=C2CCCC3=O)cc1. The van der Waals surface area contributed by atoms with Crippen LogP contribution in [0.4, 0.5) is 5.69 Å². The van der Waals surface area contributed by atoms with Gasteiger partial charge >= 0.3 is 0 Å². The van der Waals surface area contributed by atoms with Crippen LogP contribution in [0.3, 0.4) is 0 Å². The Labute approximate surface area is 167 Å². The maximum absolute atomic E-state index is 13.2. The fourth-order valence-corrected chi connectivity index (χ4v) is 4.39. The fraction of sp³-hybridized carbons (Fsp3) is 0.261. The van der Waals surface area contributed by atoms with Gasteiger partial charge in [0.2, 0.25) is 12.7 Å². The molecule has 0 saturated heterocycles. The molecule has 2 aromatic carbocycles. The first-order valence-electron chi connectivity index (χ1n) is 9.64. The number of ether oxygens (including phenoxy) is 2. The molecule has 0 saturated carbocycles. The summed E-state index contributed by atoms with van der Waals surface area (Å²) in [4.78, 5) is 27.8. The van der Waals surface area contributed by atoms with Crippen LogP contribution in [-0.4, -0.2) is 18.5 Å². The van der Waals surface area contributed by atoms with E-state index in [2.05, 4.69) is 6.07 Å². The van der Waals surface area contributed by atoms with Gasteiger partial charge in [0.25, 0.3) is 0 Å². The number of nitrogens with zero attached hydrogens (tertiary/aromatic N) is 2. The molecule has 0 spiro atoms. The lowest BCUT2D eigenvalue weighted by atomic mass is 9.77. The Hall–Kier alpha value is -3.59. The Kier molecular flexibility index (Phi) is 4.09. The Bertz CT molecular complexity index is 1090. The van der Waals surface area contributed by atoms with Crippen molar-refractivity contribution in [3.05, 3.63) is 64.9 Å². The van der Waals surface area contributed by atoms with Crippen molar-refractivity contribution >= 4 is 17.4 Å². The Morgan fingerprint density at radius 1 is 1.00 bits per heavy atom. The Morgan fingerprint density at radius 3 is 2.59 bits per heavy atom. The average molecular weight is 386 g/mol. The number of hydrogen-bond acceptors (Lipinski definition) is 5. The summed E-state index contributed by atoms with van der Waals surface area (Å²) in [5, 5.41) is 9.04. The highest BCUT2D eigenvalue weighted by molar-refractivity contribution is 6.07. The van der Waals surface area contributed by atoms with E-state index in [4.69, 9.17) is 14.7 Å². The van der Waals surface area contributed by atoms with Crippen molar-refractivity contribution in [2.24, 2.45) is 0 Å². The van der Waals surface area contributed by atoms with Crippen LogP contribution in [0.1, 0.15) is 42.7 Å². The number of anilines is 1. The van der Waals surface area contributed by atoms with Crippen LogP contribution in [0.2, 0.25) is 0 Å². The summed E-state index contributed by atoms with van der Waals surface area (Å²) in [6.07, 6.45) is 2.11. The highest BCUT2D eigenvalue weighted by Gasteiger charge is 2.40. The van der Waals surface area contributed by atoms with Gasteiger partial charge in [-0.05, 0) is 54.8 Å². The maximum atomic E-state index is 13.2. The number of benzene rings is 2. The number of nitriles is 1. The topological polar surface area (TPSA) is 79.6 Å². The van der Waals surface area contributed by atoms with Gasteiger partial charge in [0.15, 0.2) is 17.3 Å². The minimum atomic E-state index is -0.283. The molecule has 1 aliphatic carbocycles. The second kappa shape index (κ2) is 6.78. The number of hydrogen-bond donors (Lipinski definition) is 0. The van der Waals surface area contributed by atoms with E-state index in [1.54, 1.807) is 29.2 Å². The fourth-order valence-electron chi connectivity index (χ4n) is 4.39. The standard InChI is InChI=1S/C23H18N2O4/c24-12-14-4-7-16(8-5-14)25-18-2-1-3-19(26)23(18)17(11-22(25)27)15-6-9-20-21(10-15)29-13-28-20/h4-10,17H,1-3,11,13H2. The molecule has 29 heavy (non-hydrogen) atoms. The molecule has 3 aliphatic rings. The van der Waals surface area contributed by atoms with Crippen molar-refractivity contribution in [1.82, 2.24) is 0 Å². The lowest BCUT2D eigenvalue weighted by molar-refractivity contribution is -0.119. The van der Waals surface area contributed by atoms with Gasteiger partial charge in [0.1, 0.15) is 0 Å². The van der Waals surface area contributed by atoms with Gasteiger partial charge in [0.05, 0.1) is 11.6 Å². The quantitative estimate of drug-likeness (QED) is 0.784. The average Bonchev–Trinajstić information content (AvgIpc) is 3.21. The third-order valence-electron chi connectivity index (χ3n) is 5.73. The predicted molar refractivity (Wildman–Crippen MR) is 104 cm³/mol. The number of carbonyl (C=O) groups excluding carboxylic acids is 2. The third-order valence-corrected chi connectivity index (χ3v) is 5.73. The molecule has 2 heterocycles. The molecule has 2 aliphatic heterocycles. The van der Waals surface area contributed by atoms with Crippen LogP contribution in [-0.2, 0) is 9.59 Å². The highest BCUT2D eigenvalue weighted by Crippen LogP contribution is 2.45. The largest absolute Gasteiger partial charge is 0.454 e. The molecular formula is C23H18N2O4. The molecule has 0 radical (unpaired) electrons. The van der Waals surface area contributed by atoms with Gasteiger partial charge < -0.3 is 9.47 Å². The molecule has 0 N–H and O–H groups in total. The second-order valence-corrected chi connectivity index (χ2v) is 7.39. The summed E-state index contributed by atoms with van der Waals surface area (Å²) >= 11 is 0. The summed E-state index contributed by atoms with van der Waals surface area (Å²) < 4.78 is 10.9. The molecule has 6 nitrogen and oxygen atoms in total. The van der Waals surface area contributed by atoms with E-state index in [1.165, 1.54) is 0 Å². The van der Waals surface area contributed by atoms with Gasteiger partial charge in [-0.2, -0.15) is 5.26 Å². The summed E-state index contributed by atoms with van der Waals surface area (Å²) in [7, 11) is 0. The summed E-state index contributed by atoms with van der Waals surface area (Å²) in [6.45, 7) is 0.182. The number of Topliss-reactive ketones (excluding diaryl/α,β-unsaturated/α-hetero) is 1. The van der Waals surface area contributed by atoms with Gasteiger partial charge in [-0.1, -0.05) is 6.07 Å². The summed E-state index contributed by atoms with van der Waals surface area (Å²) in [6, 6.07) is 14.6. The van der Waals surface area contributed by atoms with Crippen LogP contribution in [0.15, 0.2) is 53.7 Å². The van der Waals surface area contributed by atoms with E-state index in [1.807, 2.05) is 18.2 Å². The van der Waals surface area contributed by atoms with Gasteiger partial charge in [-0.15, -0.1) is 0 Å². The van der Waals surface area contributed by atoms with Gasteiger partial charge in [-0.3, -0.25) is 14.5 Å². The third kappa shape index (κ3) is 2.87. The molecule has 5 rings (SSSR count). The van der Waals surface area contributed by atoms with Crippen molar-refractivity contribution in [3.63, 3.8) is 0 Å². The molecule has 0 bridgehead atoms. The van der Waals surface area contributed by atoms with Crippen molar-refractivity contribution < 1.29 is 19.1 Å². The lowest BCUT2D eigenvalue weighted by Gasteiger charge is -2.38. The zero-order valence-corrected chi connectivity index (χ0v) is 15.7. The van der Waals surface area contributed by atoms with E-state index >= 15 is 0 Å². The smallest absolute Gasteiger partial charge is 0.232 e. The maximum Gasteiger partial charge on any atom is 0.232 e. The van der Waals surface area contributed by atoms with Crippen molar-refractivity contribution in [1.29, 1.82) is 5.26 Å². The summed E-state index contributed by atoms with van der Waals surface area (Å²) in [5.41, 5.74) is 3.62. The lowest BCUT2D eigenvalue weighted by Crippen LogP contribution is -2.40. The summed E-state index contributed by atoms with van der Waals surface area (Å²) in [5.74, 6) is 1.09. The predicted octanol–water partition coefficient (Wildman–Crippen LogP) is 3.81. The minimum Gasteiger partial charge on any atom is -0.454 e. The first-order chi connectivity index (χ1) is 14.2. The van der Waals surface area contributed by atoms with Gasteiger partial charge in [0, 0.05) is 35.7 Å². The molecule has 6 heteroatoms. The molecule has 144 valence electrons. The van der Waals surface area contributed by atoms with E-state index in [9.17, 15) is 9.59 Å². The van der Waals surface area contributed by atoms with Crippen LogP contribution in [0, 0.1) is 11.3 Å². The van der Waals surface area contributed by atoms with Crippen molar-refractivity contribution in [2.75, 3.05) is 11.7 Å². The van der Waals surface area contributed by atoms with Crippen molar-refractivity contribution in [3.8, 4) is 17.6 Å². The molecule has 1 atom stereocenters. The van der Waals surface area contributed by atoms with Crippen molar-refractivity contribution in [2.45, 2.75) is 31.6 Å². The zero-order valence-electron chi connectivity index (χ0n) is 15.7. The molecule has 0 fully saturated rings. The second-order valence-electron chi connectivity index (χ2n) is 7.39. The number of allylic oxidation sites excluding steroid dienone is 2. The Morgan fingerprint density at radius 2 is 1.79 bits per heavy atom. The number of ketones is 1. The van der Waals surface area contributed by atoms with E-state index < -0.39 is 0 Å². The Balaban J connectivity index is 1.61. The number of carbonyl (C=O) groups is 2. The molecule has 1 amide bonds. The highest BCUT2D eigenvalue weighted by atomic mass is 16.7. The number of amides is 1. The molecule has 2 aromatic rings. The van der Waals surface area contributed by atoms with Crippen LogP contribution >= 0.6 is 0 Å². The van der Waals surface area contributed by atoms with Crippen LogP contribution in [0.5, 0.6) is 11.5 Å². The van der Waals surface area contributed by atoms with E-state index in [0.29, 0.717) is 35.6 Å². The molecule has 1 unspecified atom stereocenters. The van der Waals surface area contributed by atoms with E-state index in [-0.39, 0.29) is 30.8 Å². The monoisotopic (exact) mass is 386 g/mol. The normalized spacial score (nSPS) is 20.5. The first kappa shape index (κ1) is 17.5. The van der Waals surface area contributed by atoms with Crippen LogP contribution < -0.4 is 14.4 Å². The molecular weight excluding hydrogens is 368 g/mol. The van der Waals surface area contributed by atoms with Crippen LogP contribution in [0.25, 0.3) is 0 Å². The number of fused-ring (bicyclic) bond motifs is 1. The zero-order chi connectivity index (χ0) is 20.0.